The van der Waals surface area contributed by atoms with Crippen LogP contribution < -0.4 is 0 Å². The molecule has 2 nitrogen and oxygen atoms in total. The van der Waals surface area contributed by atoms with Gasteiger partial charge < -0.3 is 9.15 Å². The van der Waals surface area contributed by atoms with Crippen molar-refractivity contribution in [3.63, 3.8) is 0 Å². The van der Waals surface area contributed by atoms with Gasteiger partial charge in [0.25, 0.3) is 0 Å². The maximum absolute atomic E-state index is 5.21. The summed E-state index contributed by atoms with van der Waals surface area (Å²) in [5.74, 6) is 1.09. The number of unbranched alkanes of at least 4 members (excludes halogenated alkanes) is 2. The molecule has 0 aromatic carbocycles. The van der Waals surface area contributed by atoms with Crippen LogP contribution in [-0.4, -0.2) is 13.7 Å². The Balaban J connectivity index is 1.96. The van der Waals surface area contributed by atoms with E-state index < -0.39 is 0 Å². The number of hydrogen-bond donors (Lipinski definition) is 0. The molecule has 0 unspecified atom stereocenters. The highest BCUT2D eigenvalue weighted by molar-refractivity contribution is 4.97. The lowest BCUT2D eigenvalue weighted by Gasteiger charge is -1.97. The van der Waals surface area contributed by atoms with Crippen LogP contribution in [0, 0.1) is 0 Å². The van der Waals surface area contributed by atoms with Gasteiger partial charge in [0.05, 0.1) is 6.26 Å². The SMILES string of the molecule is COCCCCCc1ccco1. The van der Waals surface area contributed by atoms with E-state index in [1.165, 1.54) is 12.8 Å². The topological polar surface area (TPSA) is 22.4 Å². The number of methoxy groups -OCH3 is 1. The second-order valence-corrected chi connectivity index (χ2v) is 2.88. The smallest absolute Gasteiger partial charge is 0.103 e. The van der Waals surface area contributed by atoms with E-state index in [2.05, 4.69) is 0 Å². The van der Waals surface area contributed by atoms with Crippen molar-refractivity contribution in [3.05, 3.63) is 24.2 Å². The van der Waals surface area contributed by atoms with Crippen LogP contribution in [0.4, 0.5) is 0 Å². The molecule has 0 bridgehead atoms. The molecule has 0 aliphatic heterocycles. The molecule has 12 heavy (non-hydrogen) atoms. The Morgan fingerprint density at radius 2 is 2.25 bits per heavy atom. The van der Waals surface area contributed by atoms with E-state index in [4.69, 9.17) is 9.15 Å². The minimum Gasteiger partial charge on any atom is -0.469 e. The summed E-state index contributed by atoms with van der Waals surface area (Å²) in [6.07, 6.45) is 6.34. The fraction of sp³-hybridized carbons (Fsp3) is 0.600. The van der Waals surface area contributed by atoms with Gasteiger partial charge in [-0.25, -0.2) is 0 Å². The van der Waals surface area contributed by atoms with Crippen molar-refractivity contribution in [1.82, 2.24) is 0 Å². The van der Waals surface area contributed by atoms with Crippen molar-refractivity contribution in [3.8, 4) is 0 Å². The van der Waals surface area contributed by atoms with E-state index in [-0.39, 0.29) is 0 Å². The van der Waals surface area contributed by atoms with Crippen molar-refractivity contribution in [2.24, 2.45) is 0 Å². The molecule has 0 aliphatic carbocycles. The van der Waals surface area contributed by atoms with Gasteiger partial charge in [-0.1, -0.05) is 6.42 Å². The van der Waals surface area contributed by atoms with Crippen LogP contribution in [-0.2, 0) is 11.2 Å². The van der Waals surface area contributed by atoms with E-state index in [1.54, 1.807) is 13.4 Å². The van der Waals surface area contributed by atoms with Gasteiger partial charge in [0.2, 0.25) is 0 Å². The van der Waals surface area contributed by atoms with E-state index in [9.17, 15) is 0 Å². The summed E-state index contributed by atoms with van der Waals surface area (Å²) in [7, 11) is 1.74. The minimum absolute atomic E-state index is 0.873. The molecule has 2 heteroatoms. The van der Waals surface area contributed by atoms with E-state index in [0.29, 0.717) is 0 Å². The standard InChI is InChI=1S/C10H16O2/c1-11-8-4-2-3-6-10-7-5-9-12-10/h5,7,9H,2-4,6,8H2,1H3. The van der Waals surface area contributed by atoms with Gasteiger partial charge in [0.15, 0.2) is 0 Å². The molecular weight excluding hydrogens is 152 g/mol. The lowest BCUT2D eigenvalue weighted by Crippen LogP contribution is -1.89. The fourth-order valence-electron chi connectivity index (χ4n) is 1.18. The summed E-state index contributed by atoms with van der Waals surface area (Å²) in [5, 5.41) is 0. The van der Waals surface area contributed by atoms with Crippen LogP contribution >= 0.6 is 0 Å². The zero-order valence-corrected chi connectivity index (χ0v) is 7.58. The number of hydrogen-bond acceptors (Lipinski definition) is 2. The average Bonchev–Trinajstić information content (AvgIpc) is 2.57. The summed E-state index contributed by atoms with van der Waals surface area (Å²) < 4.78 is 10.2. The van der Waals surface area contributed by atoms with Crippen molar-refractivity contribution in [1.29, 1.82) is 0 Å². The molecule has 0 aliphatic rings. The second-order valence-electron chi connectivity index (χ2n) is 2.88. The van der Waals surface area contributed by atoms with E-state index in [0.717, 1.165) is 25.2 Å². The molecule has 0 atom stereocenters. The lowest BCUT2D eigenvalue weighted by atomic mass is 10.2. The first-order valence-electron chi connectivity index (χ1n) is 4.45. The molecule has 0 radical (unpaired) electrons. The van der Waals surface area contributed by atoms with Gasteiger partial charge in [0, 0.05) is 20.1 Å². The van der Waals surface area contributed by atoms with Crippen LogP contribution in [0.1, 0.15) is 25.0 Å². The first-order valence-corrected chi connectivity index (χ1v) is 4.45. The molecule has 0 fully saturated rings. The van der Waals surface area contributed by atoms with E-state index >= 15 is 0 Å². The second kappa shape index (κ2) is 5.84. The Bertz CT molecular complexity index is 180. The highest BCUT2D eigenvalue weighted by Crippen LogP contribution is 2.06. The molecule has 1 aromatic heterocycles. The van der Waals surface area contributed by atoms with Gasteiger partial charge in [-0.05, 0) is 25.0 Å². The Labute approximate surface area is 73.5 Å². The first kappa shape index (κ1) is 9.33. The van der Waals surface area contributed by atoms with Gasteiger partial charge >= 0.3 is 0 Å². The monoisotopic (exact) mass is 168 g/mol. The third-order valence-corrected chi connectivity index (χ3v) is 1.85. The zero-order valence-electron chi connectivity index (χ0n) is 7.58. The van der Waals surface area contributed by atoms with Crippen LogP contribution in [0.15, 0.2) is 22.8 Å². The number of rotatable bonds is 6. The predicted octanol–water partition coefficient (Wildman–Crippen LogP) is 2.64. The minimum atomic E-state index is 0.873. The molecule has 0 spiro atoms. The Morgan fingerprint density at radius 3 is 2.92 bits per heavy atom. The van der Waals surface area contributed by atoms with Crippen molar-refractivity contribution in [2.45, 2.75) is 25.7 Å². The third kappa shape index (κ3) is 3.58. The molecule has 0 saturated heterocycles. The zero-order chi connectivity index (χ0) is 8.65. The normalized spacial score (nSPS) is 10.4. The maximum Gasteiger partial charge on any atom is 0.103 e. The largest absolute Gasteiger partial charge is 0.469 e. The lowest BCUT2D eigenvalue weighted by molar-refractivity contribution is 0.192. The van der Waals surface area contributed by atoms with Crippen LogP contribution in [0.25, 0.3) is 0 Å². The molecule has 0 amide bonds. The number of furan rings is 1. The molecule has 68 valence electrons. The summed E-state index contributed by atoms with van der Waals surface area (Å²) >= 11 is 0. The summed E-state index contributed by atoms with van der Waals surface area (Å²) in [4.78, 5) is 0. The third-order valence-electron chi connectivity index (χ3n) is 1.85. The predicted molar refractivity (Wildman–Crippen MR) is 48.1 cm³/mol. The van der Waals surface area contributed by atoms with Crippen molar-refractivity contribution < 1.29 is 9.15 Å². The van der Waals surface area contributed by atoms with Crippen molar-refractivity contribution >= 4 is 0 Å². The average molecular weight is 168 g/mol. The summed E-state index contributed by atoms with van der Waals surface area (Å²) in [6.45, 7) is 0.873. The highest BCUT2D eigenvalue weighted by atomic mass is 16.5. The van der Waals surface area contributed by atoms with Gasteiger partial charge in [-0.3, -0.25) is 0 Å². The highest BCUT2D eigenvalue weighted by Gasteiger charge is 1.94. The Morgan fingerprint density at radius 1 is 1.33 bits per heavy atom. The van der Waals surface area contributed by atoms with E-state index in [1.807, 2.05) is 12.1 Å². The molecule has 0 N–H and O–H groups in total. The molecule has 0 saturated carbocycles. The van der Waals surface area contributed by atoms with Crippen LogP contribution in [0.5, 0.6) is 0 Å². The number of aryl methyl sites for hydroxylation is 1. The number of ether oxygens (including phenoxy) is 1. The maximum atomic E-state index is 5.21. The molecule has 1 aromatic rings. The molecule has 1 heterocycles. The quantitative estimate of drug-likeness (QED) is 0.609. The van der Waals surface area contributed by atoms with Crippen LogP contribution in [0.3, 0.4) is 0 Å². The fourth-order valence-corrected chi connectivity index (χ4v) is 1.18. The Kier molecular flexibility index (Phi) is 4.54. The molecule has 1 rings (SSSR count). The van der Waals surface area contributed by atoms with Gasteiger partial charge in [0.1, 0.15) is 5.76 Å². The summed E-state index contributed by atoms with van der Waals surface area (Å²) in [6, 6.07) is 3.96. The van der Waals surface area contributed by atoms with Gasteiger partial charge in [-0.2, -0.15) is 0 Å². The molecular formula is C10H16O2. The van der Waals surface area contributed by atoms with Crippen LogP contribution in [0.2, 0.25) is 0 Å². The van der Waals surface area contributed by atoms with Gasteiger partial charge in [-0.15, -0.1) is 0 Å². The summed E-state index contributed by atoms with van der Waals surface area (Å²) in [5.41, 5.74) is 0. The first-order chi connectivity index (χ1) is 5.93. The Hall–Kier alpha value is -0.760. The van der Waals surface area contributed by atoms with Crippen molar-refractivity contribution in [2.75, 3.05) is 13.7 Å².